The van der Waals surface area contributed by atoms with Gasteiger partial charge in [0, 0.05) is 18.3 Å². The average molecular weight is 302 g/mol. The Morgan fingerprint density at radius 3 is 2.48 bits per heavy atom. The van der Waals surface area contributed by atoms with Gasteiger partial charge in [0.2, 0.25) is 0 Å². The number of aromatic nitrogens is 1. The van der Waals surface area contributed by atoms with E-state index in [1.54, 1.807) is 25.3 Å². The normalized spacial score (nSPS) is 11.0. The standard InChI is InChI=1S/C15H14N2O3S/c1-12-3-2-8-17(15(12)18)9-10-21(19,20)14-6-4-13(11-16)5-7-14/h2-8H,9-10H2,1H3. The second kappa shape index (κ2) is 5.94. The van der Waals surface area contributed by atoms with Gasteiger partial charge < -0.3 is 4.57 Å². The summed E-state index contributed by atoms with van der Waals surface area (Å²) in [5, 5.41) is 8.70. The molecule has 2 rings (SSSR count). The minimum Gasteiger partial charge on any atom is -0.314 e. The van der Waals surface area contributed by atoms with Gasteiger partial charge in [0.15, 0.2) is 9.84 Å². The highest BCUT2D eigenvalue weighted by Gasteiger charge is 2.14. The van der Waals surface area contributed by atoms with Crippen molar-refractivity contribution < 1.29 is 8.42 Å². The summed E-state index contributed by atoms with van der Waals surface area (Å²) in [7, 11) is -3.48. The summed E-state index contributed by atoms with van der Waals surface area (Å²) in [6.07, 6.45) is 1.57. The van der Waals surface area contributed by atoms with Crippen LogP contribution in [0.1, 0.15) is 11.1 Å². The van der Waals surface area contributed by atoms with Crippen molar-refractivity contribution in [1.29, 1.82) is 5.26 Å². The average Bonchev–Trinajstić information content (AvgIpc) is 2.49. The smallest absolute Gasteiger partial charge is 0.253 e. The molecule has 108 valence electrons. The van der Waals surface area contributed by atoms with Gasteiger partial charge in [-0.15, -0.1) is 0 Å². The van der Waals surface area contributed by atoms with Crippen LogP contribution in [0.3, 0.4) is 0 Å². The molecule has 0 spiro atoms. The molecular formula is C15H14N2O3S. The molecule has 6 heteroatoms. The Bertz CT molecular complexity index is 844. The molecule has 1 aromatic carbocycles. The number of benzene rings is 1. The first-order valence-electron chi connectivity index (χ1n) is 6.33. The molecule has 0 saturated heterocycles. The van der Waals surface area contributed by atoms with Gasteiger partial charge in [-0.05, 0) is 37.3 Å². The van der Waals surface area contributed by atoms with Crippen LogP contribution in [0.5, 0.6) is 0 Å². The first-order valence-corrected chi connectivity index (χ1v) is 7.98. The molecule has 0 unspecified atom stereocenters. The van der Waals surface area contributed by atoms with Crippen LogP contribution in [-0.2, 0) is 16.4 Å². The quantitative estimate of drug-likeness (QED) is 0.857. The third-order valence-corrected chi connectivity index (χ3v) is 4.86. The first kappa shape index (κ1) is 15.0. The molecule has 1 aromatic heterocycles. The number of hydrogen-bond acceptors (Lipinski definition) is 4. The third kappa shape index (κ3) is 3.38. The molecular weight excluding hydrogens is 288 g/mol. The molecule has 21 heavy (non-hydrogen) atoms. The van der Waals surface area contributed by atoms with Crippen LogP contribution in [0.25, 0.3) is 0 Å². The van der Waals surface area contributed by atoms with E-state index in [2.05, 4.69) is 0 Å². The van der Waals surface area contributed by atoms with Crippen molar-refractivity contribution in [2.24, 2.45) is 0 Å². The monoisotopic (exact) mass is 302 g/mol. The zero-order chi connectivity index (χ0) is 15.5. The second-order valence-electron chi connectivity index (χ2n) is 4.64. The maximum Gasteiger partial charge on any atom is 0.253 e. The Hall–Kier alpha value is -2.39. The summed E-state index contributed by atoms with van der Waals surface area (Å²) < 4.78 is 25.8. The van der Waals surface area contributed by atoms with Crippen molar-refractivity contribution in [2.45, 2.75) is 18.4 Å². The lowest BCUT2D eigenvalue weighted by atomic mass is 10.2. The highest BCUT2D eigenvalue weighted by atomic mass is 32.2. The van der Waals surface area contributed by atoms with Crippen LogP contribution < -0.4 is 5.56 Å². The van der Waals surface area contributed by atoms with E-state index in [9.17, 15) is 13.2 Å². The fraction of sp³-hybridized carbons (Fsp3) is 0.200. The Kier molecular flexibility index (Phi) is 4.24. The predicted octanol–water partition coefficient (Wildman–Crippen LogP) is 1.50. The number of hydrogen-bond donors (Lipinski definition) is 0. The number of sulfone groups is 1. The van der Waals surface area contributed by atoms with E-state index in [-0.39, 0.29) is 22.8 Å². The predicted molar refractivity (Wildman–Crippen MR) is 78.6 cm³/mol. The molecule has 0 radical (unpaired) electrons. The van der Waals surface area contributed by atoms with E-state index in [0.717, 1.165) is 0 Å². The lowest BCUT2D eigenvalue weighted by molar-refractivity contribution is 0.587. The van der Waals surface area contributed by atoms with E-state index in [1.807, 2.05) is 6.07 Å². The fourth-order valence-electron chi connectivity index (χ4n) is 1.91. The number of rotatable bonds is 4. The highest BCUT2D eigenvalue weighted by Crippen LogP contribution is 2.12. The van der Waals surface area contributed by atoms with E-state index >= 15 is 0 Å². The Labute approximate surface area is 123 Å². The molecule has 1 heterocycles. The maximum absolute atomic E-state index is 12.2. The second-order valence-corrected chi connectivity index (χ2v) is 6.75. The number of pyridine rings is 1. The Morgan fingerprint density at radius 1 is 1.19 bits per heavy atom. The van der Waals surface area contributed by atoms with E-state index < -0.39 is 9.84 Å². The Balaban J connectivity index is 2.20. The minimum atomic E-state index is -3.48. The molecule has 0 saturated carbocycles. The molecule has 0 N–H and O–H groups in total. The van der Waals surface area contributed by atoms with Crippen molar-refractivity contribution in [1.82, 2.24) is 4.57 Å². The van der Waals surface area contributed by atoms with Crippen LogP contribution in [0.2, 0.25) is 0 Å². The van der Waals surface area contributed by atoms with Crippen molar-refractivity contribution in [2.75, 3.05) is 5.75 Å². The fourth-order valence-corrected chi connectivity index (χ4v) is 3.13. The van der Waals surface area contributed by atoms with Gasteiger partial charge in [-0.3, -0.25) is 4.79 Å². The zero-order valence-electron chi connectivity index (χ0n) is 11.5. The maximum atomic E-state index is 12.2. The summed E-state index contributed by atoms with van der Waals surface area (Å²) in [5.41, 5.74) is 0.796. The molecule has 0 bridgehead atoms. The summed E-state index contributed by atoms with van der Waals surface area (Å²) in [5.74, 6) is -0.164. The van der Waals surface area contributed by atoms with Crippen LogP contribution in [0.4, 0.5) is 0 Å². The molecule has 0 fully saturated rings. The first-order chi connectivity index (χ1) is 9.94. The minimum absolute atomic E-state index is 0.100. The van der Waals surface area contributed by atoms with E-state index in [1.165, 1.54) is 28.8 Å². The van der Waals surface area contributed by atoms with Crippen LogP contribution in [0.15, 0.2) is 52.3 Å². The highest BCUT2D eigenvalue weighted by molar-refractivity contribution is 7.91. The van der Waals surface area contributed by atoms with Crippen molar-refractivity contribution in [3.05, 3.63) is 64.1 Å². The number of nitriles is 1. The zero-order valence-corrected chi connectivity index (χ0v) is 12.3. The van der Waals surface area contributed by atoms with Gasteiger partial charge in [0.1, 0.15) is 0 Å². The largest absolute Gasteiger partial charge is 0.314 e. The number of nitrogens with zero attached hydrogens (tertiary/aromatic N) is 2. The van der Waals surface area contributed by atoms with Gasteiger partial charge in [0.25, 0.3) is 5.56 Å². The van der Waals surface area contributed by atoms with Crippen LogP contribution in [-0.4, -0.2) is 18.7 Å². The molecule has 2 aromatic rings. The van der Waals surface area contributed by atoms with Gasteiger partial charge in [-0.2, -0.15) is 5.26 Å². The van der Waals surface area contributed by atoms with Gasteiger partial charge >= 0.3 is 0 Å². The molecule has 0 aliphatic carbocycles. The Morgan fingerprint density at radius 2 is 1.86 bits per heavy atom. The lowest BCUT2D eigenvalue weighted by Crippen LogP contribution is -2.25. The van der Waals surface area contributed by atoms with Crippen molar-refractivity contribution in [3.63, 3.8) is 0 Å². The van der Waals surface area contributed by atoms with Crippen molar-refractivity contribution in [3.8, 4) is 6.07 Å². The van der Waals surface area contributed by atoms with Gasteiger partial charge in [-0.1, -0.05) is 6.07 Å². The molecule has 0 aliphatic heterocycles. The SMILES string of the molecule is Cc1cccn(CCS(=O)(=O)c2ccc(C#N)cc2)c1=O. The molecule has 0 aliphatic rings. The molecule has 0 atom stereocenters. The third-order valence-electron chi connectivity index (χ3n) is 3.15. The summed E-state index contributed by atoms with van der Waals surface area (Å²) in [4.78, 5) is 12.0. The van der Waals surface area contributed by atoms with E-state index in [0.29, 0.717) is 11.1 Å². The van der Waals surface area contributed by atoms with Crippen LogP contribution >= 0.6 is 0 Å². The topological polar surface area (TPSA) is 79.9 Å². The lowest BCUT2D eigenvalue weighted by Gasteiger charge is -2.07. The van der Waals surface area contributed by atoms with Gasteiger partial charge in [0.05, 0.1) is 22.3 Å². The summed E-state index contributed by atoms with van der Waals surface area (Å²) in [6, 6.07) is 11.1. The number of aryl methyl sites for hydroxylation is 2. The summed E-state index contributed by atoms with van der Waals surface area (Å²) >= 11 is 0. The van der Waals surface area contributed by atoms with Crippen molar-refractivity contribution >= 4 is 9.84 Å². The van der Waals surface area contributed by atoms with E-state index in [4.69, 9.17) is 5.26 Å². The summed E-state index contributed by atoms with van der Waals surface area (Å²) in [6.45, 7) is 1.79. The van der Waals surface area contributed by atoms with Crippen LogP contribution in [0, 0.1) is 18.3 Å². The molecule has 0 amide bonds. The molecule has 5 nitrogen and oxygen atoms in total. The van der Waals surface area contributed by atoms with Gasteiger partial charge in [-0.25, -0.2) is 8.42 Å².